The largest absolute Gasteiger partial charge is 0.379 e. The van der Waals surface area contributed by atoms with Crippen LogP contribution in [-0.2, 0) is 9.53 Å². The van der Waals surface area contributed by atoms with Gasteiger partial charge in [0.1, 0.15) is 5.01 Å². The zero-order valence-electron chi connectivity index (χ0n) is 12.7. The van der Waals surface area contributed by atoms with E-state index in [0.717, 1.165) is 26.5 Å². The molecule has 0 aliphatic carbocycles. The molecule has 1 amide bonds. The Labute approximate surface area is 138 Å². The summed E-state index contributed by atoms with van der Waals surface area (Å²) in [7, 11) is 0. The van der Waals surface area contributed by atoms with Gasteiger partial charge in [0.2, 0.25) is 5.91 Å². The molecular weight excluding hydrogens is 308 g/mol. The number of thiazole rings is 1. The molecule has 0 saturated carbocycles. The molecule has 0 atom stereocenters. The highest BCUT2D eigenvalue weighted by atomic mass is 32.1. The predicted molar refractivity (Wildman–Crippen MR) is 92.6 cm³/mol. The average Bonchev–Trinajstić information content (AvgIpc) is 2.97. The number of ether oxygens (including phenoxy) is 1. The Bertz CT molecular complexity index is 850. The van der Waals surface area contributed by atoms with Crippen LogP contribution in [0.5, 0.6) is 0 Å². The van der Waals surface area contributed by atoms with Gasteiger partial charge in [0.15, 0.2) is 0 Å². The van der Waals surface area contributed by atoms with E-state index >= 15 is 0 Å². The number of hydrogen-bond donors (Lipinski definition) is 1. The molecule has 2 aromatic carbocycles. The molecule has 2 heterocycles. The van der Waals surface area contributed by atoms with Crippen molar-refractivity contribution in [2.24, 2.45) is 5.41 Å². The summed E-state index contributed by atoms with van der Waals surface area (Å²) in [6, 6.07) is 15.9. The van der Waals surface area contributed by atoms with Gasteiger partial charge in [0.25, 0.3) is 0 Å². The first-order valence-corrected chi connectivity index (χ1v) is 8.31. The summed E-state index contributed by atoms with van der Waals surface area (Å²) in [5.41, 5.74) is 2.39. The summed E-state index contributed by atoms with van der Waals surface area (Å²) in [5, 5.41) is 3.94. The van der Waals surface area contributed by atoms with Gasteiger partial charge in [-0.15, -0.1) is 11.3 Å². The van der Waals surface area contributed by atoms with E-state index in [-0.39, 0.29) is 5.91 Å². The summed E-state index contributed by atoms with van der Waals surface area (Å²) < 4.78 is 6.32. The number of amides is 1. The number of benzene rings is 2. The fourth-order valence-corrected chi connectivity index (χ4v) is 3.51. The molecule has 1 N–H and O–H groups in total. The maximum atomic E-state index is 12.3. The van der Waals surface area contributed by atoms with Gasteiger partial charge in [-0.1, -0.05) is 24.3 Å². The van der Waals surface area contributed by atoms with Crippen molar-refractivity contribution in [2.45, 2.75) is 6.92 Å². The van der Waals surface area contributed by atoms with Gasteiger partial charge in [0.05, 0.1) is 28.8 Å². The molecule has 1 aliphatic rings. The van der Waals surface area contributed by atoms with Gasteiger partial charge in [-0.3, -0.25) is 4.79 Å². The molecule has 1 aliphatic heterocycles. The number of aromatic nitrogens is 1. The zero-order chi connectivity index (χ0) is 15.9. The minimum Gasteiger partial charge on any atom is -0.379 e. The molecule has 4 nitrogen and oxygen atoms in total. The van der Waals surface area contributed by atoms with E-state index in [1.54, 1.807) is 11.3 Å². The summed E-state index contributed by atoms with van der Waals surface area (Å²) in [6.45, 7) is 2.88. The maximum absolute atomic E-state index is 12.3. The molecule has 0 unspecified atom stereocenters. The Hall–Kier alpha value is -2.24. The van der Waals surface area contributed by atoms with Gasteiger partial charge in [0, 0.05) is 11.3 Å². The van der Waals surface area contributed by atoms with Crippen molar-refractivity contribution in [2.75, 3.05) is 18.5 Å². The topological polar surface area (TPSA) is 51.2 Å². The average molecular weight is 324 g/mol. The second kappa shape index (κ2) is 5.44. The highest BCUT2D eigenvalue weighted by Gasteiger charge is 2.41. The van der Waals surface area contributed by atoms with Crippen molar-refractivity contribution in [1.29, 1.82) is 0 Å². The van der Waals surface area contributed by atoms with Gasteiger partial charge < -0.3 is 10.1 Å². The molecule has 1 aromatic heterocycles. The first-order valence-electron chi connectivity index (χ1n) is 7.49. The number of carbonyl (C=O) groups excluding carboxylic acids is 1. The Morgan fingerprint density at radius 1 is 1.22 bits per heavy atom. The van der Waals surface area contributed by atoms with Crippen LogP contribution in [0.15, 0.2) is 48.5 Å². The van der Waals surface area contributed by atoms with Crippen molar-refractivity contribution in [3.8, 4) is 10.6 Å². The van der Waals surface area contributed by atoms with Gasteiger partial charge in [-0.25, -0.2) is 4.98 Å². The molecule has 1 fully saturated rings. The third-order valence-corrected chi connectivity index (χ3v) is 5.14. The molecule has 23 heavy (non-hydrogen) atoms. The number of carbonyl (C=O) groups is 1. The quantitative estimate of drug-likeness (QED) is 0.794. The highest BCUT2D eigenvalue weighted by Crippen LogP contribution is 2.32. The third kappa shape index (κ3) is 2.62. The first kappa shape index (κ1) is 14.4. The van der Waals surface area contributed by atoms with Crippen LogP contribution >= 0.6 is 11.3 Å². The van der Waals surface area contributed by atoms with E-state index in [1.807, 2.05) is 49.4 Å². The maximum Gasteiger partial charge on any atom is 0.234 e. The van der Waals surface area contributed by atoms with Crippen molar-refractivity contribution < 1.29 is 9.53 Å². The number of nitrogens with one attached hydrogen (secondary N) is 1. The fourth-order valence-electron chi connectivity index (χ4n) is 2.55. The van der Waals surface area contributed by atoms with Crippen molar-refractivity contribution >= 4 is 33.1 Å². The molecule has 3 aromatic rings. The minimum atomic E-state index is -0.411. The molecule has 5 heteroatoms. The van der Waals surface area contributed by atoms with E-state index in [1.165, 1.54) is 0 Å². The Morgan fingerprint density at radius 2 is 2.04 bits per heavy atom. The van der Waals surface area contributed by atoms with Gasteiger partial charge in [-0.05, 0) is 31.2 Å². The van der Waals surface area contributed by atoms with Crippen molar-refractivity contribution in [3.05, 3.63) is 48.5 Å². The Balaban J connectivity index is 1.62. The van der Waals surface area contributed by atoms with Crippen LogP contribution in [0.1, 0.15) is 6.92 Å². The van der Waals surface area contributed by atoms with Crippen LogP contribution in [0, 0.1) is 5.41 Å². The lowest BCUT2D eigenvalue weighted by Gasteiger charge is -2.36. The number of para-hydroxylation sites is 1. The molecule has 116 valence electrons. The lowest BCUT2D eigenvalue weighted by atomic mass is 9.87. The third-order valence-electron chi connectivity index (χ3n) is 4.05. The Kier molecular flexibility index (Phi) is 3.39. The molecule has 0 radical (unpaired) electrons. The highest BCUT2D eigenvalue weighted by molar-refractivity contribution is 7.21. The lowest BCUT2D eigenvalue weighted by Crippen LogP contribution is -2.49. The fraction of sp³-hybridized carbons (Fsp3) is 0.222. The van der Waals surface area contributed by atoms with Crippen LogP contribution in [0.25, 0.3) is 20.8 Å². The van der Waals surface area contributed by atoms with Gasteiger partial charge in [-0.2, -0.15) is 0 Å². The summed E-state index contributed by atoms with van der Waals surface area (Å²) >= 11 is 1.66. The standard InChI is InChI=1S/C18H16N2O2S/c1-18(10-22-11-18)17(21)19-13-6-4-5-12(9-13)16-20-14-7-2-3-8-15(14)23-16/h2-9H,10-11H2,1H3,(H,19,21). The number of hydrogen-bond acceptors (Lipinski definition) is 4. The second-order valence-corrected chi connectivity index (χ2v) is 7.11. The van der Waals surface area contributed by atoms with Crippen LogP contribution < -0.4 is 5.32 Å². The summed E-state index contributed by atoms with van der Waals surface area (Å²) in [6.07, 6.45) is 0. The first-order chi connectivity index (χ1) is 11.1. The molecule has 0 spiro atoms. The molecule has 1 saturated heterocycles. The molecule has 4 rings (SSSR count). The predicted octanol–water partition coefficient (Wildman–Crippen LogP) is 3.94. The van der Waals surface area contributed by atoms with E-state index in [4.69, 9.17) is 4.74 Å². The number of fused-ring (bicyclic) bond motifs is 1. The monoisotopic (exact) mass is 324 g/mol. The van der Waals surface area contributed by atoms with Crippen LogP contribution in [0.4, 0.5) is 5.69 Å². The summed E-state index contributed by atoms with van der Waals surface area (Å²) in [4.78, 5) is 17.0. The second-order valence-electron chi connectivity index (χ2n) is 6.08. The Morgan fingerprint density at radius 3 is 2.78 bits per heavy atom. The SMILES string of the molecule is CC1(C(=O)Nc2cccc(-c3nc4ccccc4s3)c2)COC1. The minimum absolute atomic E-state index is 0.00481. The number of anilines is 1. The normalized spacial score (nSPS) is 16.0. The van der Waals surface area contributed by atoms with E-state index in [2.05, 4.69) is 16.4 Å². The summed E-state index contributed by atoms with van der Waals surface area (Å²) in [5.74, 6) is 0.00481. The van der Waals surface area contributed by atoms with Crippen LogP contribution in [0.2, 0.25) is 0 Å². The lowest BCUT2D eigenvalue weighted by molar-refractivity contribution is -0.151. The van der Waals surface area contributed by atoms with Crippen molar-refractivity contribution in [1.82, 2.24) is 4.98 Å². The van der Waals surface area contributed by atoms with Crippen LogP contribution in [0.3, 0.4) is 0 Å². The number of rotatable bonds is 3. The van der Waals surface area contributed by atoms with Crippen LogP contribution in [-0.4, -0.2) is 24.1 Å². The van der Waals surface area contributed by atoms with E-state index in [9.17, 15) is 4.79 Å². The van der Waals surface area contributed by atoms with Gasteiger partial charge >= 0.3 is 0 Å². The van der Waals surface area contributed by atoms with Crippen molar-refractivity contribution in [3.63, 3.8) is 0 Å². The smallest absolute Gasteiger partial charge is 0.234 e. The molecule has 0 bridgehead atoms. The number of nitrogens with zero attached hydrogens (tertiary/aromatic N) is 1. The molecular formula is C18H16N2O2S. The van der Waals surface area contributed by atoms with E-state index in [0.29, 0.717) is 13.2 Å². The van der Waals surface area contributed by atoms with E-state index < -0.39 is 5.41 Å². The zero-order valence-corrected chi connectivity index (χ0v) is 13.5.